The van der Waals surface area contributed by atoms with E-state index < -0.39 is 17.7 Å². The van der Waals surface area contributed by atoms with Gasteiger partial charge >= 0.3 is 0 Å². The van der Waals surface area contributed by atoms with Crippen molar-refractivity contribution < 1.29 is 14.7 Å². The maximum atomic E-state index is 12.9. The number of benzene rings is 2. The van der Waals surface area contributed by atoms with Crippen LogP contribution in [0.25, 0.3) is 5.76 Å². The van der Waals surface area contributed by atoms with Crippen LogP contribution in [0.4, 0.5) is 5.69 Å². The first-order chi connectivity index (χ1) is 13.3. The number of rotatable bonds is 5. The summed E-state index contributed by atoms with van der Waals surface area (Å²) < 4.78 is 0. The number of aliphatic hydroxyl groups is 1. The fourth-order valence-electron chi connectivity index (χ4n) is 3.51. The van der Waals surface area contributed by atoms with E-state index in [1.807, 2.05) is 63.2 Å². The van der Waals surface area contributed by atoms with Crippen molar-refractivity contribution in [2.75, 3.05) is 25.5 Å². The number of Topliss-reactive ketones (excluding diaryl/α,β-unsaturated/α-hetero) is 1. The Hall–Kier alpha value is -3.08. The van der Waals surface area contributed by atoms with Crippen LogP contribution in [0, 0.1) is 5.92 Å². The normalized spacial score (nSPS) is 18.8. The minimum Gasteiger partial charge on any atom is -0.507 e. The van der Waals surface area contributed by atoms with Crippen LogP contribution in [-0.4, -0.2) is 42.3 Å². The minimum atomic E-state index is -0.635. The van der Waals surface area contributed by atoms with Crippen molar-refractivity contribution in [3.8, 4) is 0 Å². The highest BCUT2D eigenvalue weighted by Gasteiger charge is 2.46. The molecule has 0 saturated carbocycles. The molecule has 5 nitrogen and oxygen atoms in total. The average Bonchev–Trinajstić information content (AvgIpc) is 2.92. The summed E-state index contributed by atoms with van der Waals surface area (Å²) in [5.41, 5.74) is 2.50. The molecule has 2 aromatic carbocycles. The Bertz CT molecular complexity index is 899. The topological polar surface area (TPSA) is 60.9 Å². The summed E-state index contributed by atoms with van der Waals surface area (Å²) in [6.45, 7) is 4.45. The molecule has 28 heavy (non-hydrogen) atoms. The highest BCUT2D eigenvalue weighted by molar-refractivity contribution is 6.46. The zero-order valence-electron chi connectivity index (χ0n) is 16.7. The van der Waals surface area contributed by atoms with Crippen LogP contribution >= 0.6 is 0 Å². The lowest BCUT2D eigenvalue weighted by molar-refractivity contribution is -0.140. The molecular weight excluding hydrogens is 352 g/mol. The summed E-state index contributed by atoms with van der Waals surface area (Å²) in [7, 11) is 3.91. The third kappa shape index (κ3) is 3.65. The Morgan fingerprint density at radius 2 is 1.64 bits per heavy atom. The standard InChI is InChI=1S/C23H26N2O3/c1-15(2)14-25-20(16-10-12-18(13-11-16)24(3)4)19(22(27)23(25)28)21(26)17-8-6-5-7-9-17/h5-13,15,20,26H,14H2,1-4H3/b21-19+. The Balaban J connectivity index is 2.15. The minimum absolute atomic E-state index is 0.133. The van der Waals surface area contributed by atoms with Crippen LogP contribution in [0.5, 0.6) is 0 Å². The second-order valence-corrected chi connectivity index (χ2v) is 7.70. The van der Waals surface area contributed by atoms with Crippen molar-refractivity contribution in [1.82, 2.24) is 4.90 Å². The first-order valence-electron chi connectivity index (χ1n) is 9.42. The fraction of sp³-hybridized carbons (Fsp3) is 0.304. The summed E-state index contributed by atoms with van der Waals surface area (Å²) in [6, 6.07) is 16.0. The van der Waals surface area contributed by atoms with E-state index in [0.29, 0.717) is 12.1 Å². The van der Waals surface area contributed by atoms with Crippen LogP contribution < -0.4 is 4.90 Å². The second kappa shape index (κ2) is 7.89. The smallest absolute Gasteiger partial charge is 0.295 e. The summed E-state index contributed by atoms with van der Waals surface area (Å²) in [6.07, 6.45) is 0. The molecule has 1 aliphatic rings. The number of nitrogens with zero attached hydrogens (tertiary/aromatic N) is 2. The summed E-state index contributed by atoms with van der Waals surface area (Å²) in [4.78, 5) is 29.2. The van der Waals surface area contributed by atoms with Crippen LogP contribution in [-0.2, 0) is 9.59 Å². The van der Waals surface area contributed by atoms with Crippen LogP contribution in [0.15, 0.2) is 60.2 Å². The van der Waals surface area contributed by atoms with Gasteiger partial charge in [-0.1, -0.05) is 56.3 Å². The number of carbonyl (C=O) groups excluding carboxylic acids is 2. The van der Waals surface area contributed by atoms with Gasteiger partial charge in [-0.05, 0) is 23.6 Å². The van der Waals surface area contributed by atoms with Gasteiger partial charge in [-0.3, -0.25) is 9.59 Å². The van der Waals surface area contributed by atoms with Crippen molar-refractivity contribution in [2.45, 2.75) is 19.9 Å². The van der Waals surface area contributed by atoms with E-state index in [1.165, 1.54) is 0 Å². The maximum absolute atomic E-state index is 12.9. The molecule has 0 radical (unpaired) electrons. The number of amides is 1. The lowest BCUT2D eigenvalue weighted by Crippen LogP contribution is -2.33. The molecule has 0 aliphatic carbocycles. The van der Waals surface area contributed by atoms with Gasteiger partial charge < -0.3 is 14.9 Å². The van der Waals surface area contributed by atoms with Crippen LogP contribution in [0.1, 0.15) is 31.0 Å². The number of likely N-dealkylation sites (tertiary alicyclic amines) is 1. The average molecular weight is 378 g/mol. The molecule has 1 fully saturated rings. The van der Waals surface area contributed by atoms with Gasteiger partial charge in [0.15, 0.2) is 0 Å². The van der Waals surface area contributed by atoms with E-state index in [0.717, 1.165) is 11.3 Å². The van der Waals surface area contributed by atoms with E-state index in [9.17, 15) is 14.7 Å². The summed E-state index contributed by atoms with van der Waals surface area (Å²) in [5.74, 6) is -1.14. The number of anilines is 1. The maximum Gasteiger partial charge on any atom is 0.295 e. The molecule has 2 aromatic rings. The second-order valence-electron chi connectivity index (χ2n) is 7.70. The number of aliphatic hydroxyl groups excluding tert-OH is 1. The molecular formula is C23H26N2O3. The summed E-state index contributed by atoms with van der Waals surface area (Å²) >= 11 is 0. The van der Waals surface area contributed by atoms with Gasteiger partial charge in [-0.25, -0.2) is 0 Å². The van der Waals surface area contributed by atoms with Crippen molar-refractivity contribution in [1.29, 1.82) is 0 Å². The molecule has 0 aromatic heterocycles. The SMILES string of the molecule is CC(C)CN1C(=O)C(=O)/C(=C(/O)c2ccccc2)C1c1ccc(N(C)C)cc1. The van der Waals surface area contributed by atoms with Gasteiger partial charge in [-0.2, -0.15) is 0 Å². The van der Waals surface area contributed by atoms with Crippen LogP contribution in [0.3, 0.4) is 0 Å². The van der Waals surface area contributed by atoms with E-state index >= 15 is 0 Å². The number of ketones is 1. The molecule has 0 bridgehead atoms. The Kier molecular flexibility index (Phi) is 5.54. The Labute approximate surface area is 165 Å². The summed E-state index contributed by atoms with van der Waals surface area (Å²) in [5, 5.41) is 10.9. The van der Waals surface area contributed by atoms with Crippen LogP contribution in [0.2, 0.25) is 0 Å². The van der Waals surface area contributed by atoms with E-state index in [4.69, 9.17) is 0 Å². The molecule has 1 aliphatic heterocycles. The molecule has 1 saturated heterocycles. The third-order valence-corrected chi connectivity index (χ3v) is 4.87. The van der Waals surface area contributed by atoms with Gasteiger partial charge in [0, 0.05) is 31.9 Å². The van der Waals surface area contributed by atoms with Crippen molar-refractivity contribution in [3.05, 3.63) is 71.3 Å². The van der Waals surface area contributed by atoms with Crippen molar-refractivity contribution in [3.63, 3.8) is 0 Å². The molecule has 1 unspecified atom stereocenters. The molecule has 146 valence electrons. The highest BCUT2D eigenvalue weighted by atomic mass is 16.3. The molecule has 0 spiro atoms. The lowest BCUT2D eigenvalue weighted by Gasteiger charge is -2.27. The van der Waals surface area contributed by atoms with Gasteiger partial charge in [-0.15, -0.1) is 0 Å². The van der Waals surface area contributed by atoms with E-state index in [1.54, 1.807) is 29.2 Å². The molecule has 3 rings (SSSR count). The predicted molar refractivity (Wildman–Crippen MR) is 111 cm³/mol. The van der Waals surface area contributed by atoms with Gasteiger partial charge in [0.1, 0.15) is 5.76 Å². The zero-order valence-corrected chi connectivity index (χ0v) is 16.7. The molecule has 1 N–H and O–H groups in total. The Morgan fingerprint density at radius 3 is 2.18 bits per heavy atom. The molecule has 5 heteroatoms. The highest BCUT2D eigenvalue weighted by Crippen LogP contribution is 2.40. The first kappa shape index (κ1) is 19.7. The number of hydrogen-bond donors (Lipinski definition) is 1. The van der Waals surface area contributed by atoms with Crippen molar-refractivity contribution in [2.24, 2.45) is 5.92 Å². The largest absolute Gasteiger partial charge is 0.507 e. The van der Waals surface area contributed by atoms with Gasteiger partial charge in [0.25, 0.3) is 11.7 Å². The molecule has 1 atom stereocenters. The Morgan fingerprint density at radius 1 is 1.04 bits per heavy atom. The van der Waals surface area contributed by atoms with E-state index in [-0.39, 0.29) is 17.3 Å². The third-order valence-electron chi connectivity index (χ3n) is 4.87. The number of carbonyl (C=O) groups is 2. The zero-order chi connectivity index (χ0) is 20.4. The van der Waals surface area contributed by atoms with Gasteiger partial charge in [0.05, 0.1) is 11.6 Å². The quantitative estimate of drug-likeness (QED) is 0.488. The van der Waals surface area contributed by atoms with E-state index in [2.05, 4.69) is 0 Å². The first-order valence-corrected chi connectivity index (χ1v) is 9.42. The molecule has 1 amide bonds. The lowest BCUT2D eigenvalue weighted by atomic mass is 9.95. The predicted octanol–water partition coefficient (Wildman–Crippen LogP) is 3.83. The van der Waals surface area contributed by atoms with Crippen molar-refractivity contribution >= 4 is 23.1 Å². The number of hydrogen-bond acceptors (Lipinski definition) is 4. The monoisotopic (exact) mass is 378 g/mol. The fourth-order valence-corrected chi connectivity index (χ4v) is 3.51. The van der Waals surface area contributed by atoms with Gasteiger partial charge in [0.2, 0.25) is 0 Å². The molecule has 1 heterocycles.